The number of nitrogens with zero attached hydrogens (tertiary/aromatic N) is 4. The Labute approximate surface area is 214 Å². The lowest BCUT2D eigenvalue weighted by Gasteiger charge is -2.35. The fraction of sp³-hybridized carbons (Fsp3) is 0.520. The molecule has 3 aliphatic rings. The van der Waals surface area contributed by atoms with Crippen molar-refractivity contribution >= 4 is 17.5 Å². The van der Waals surface area contributed by atoms with Crippen LogP contribution < -0.4 is 26.0 Å². The number of morpholine rings is 1. The largest absolute Gasteiger partial charge is 0.490 e. The molecule has 12 heteroatoms. The van der Waals surface area contributed by atoms with Gasteiger partial charge in [0.25, 0.3) is 0 Å². The Kier molecular flexibility index (Phi) is 8.59. The van der Waals surface area contributed by atoms with Crippen LogP contribution in [0.15, 0.2) is 57.3 Å². The first-order valence-corrected chi connectivity index (χ1v) is 12.4. The zero-order valence-corrected chi connectivity index (χ0v) is 21.1. The molecule has 1 unspecified atom stereocenters. The summed E-state index contributed by atoms with van der Waals surface area (Å²) in [7, 11) is 1.74. The van der Waals surface area contributed by atoms with Crippen LogP contribution in [0.4, 0.5) is 18.9 Å². The van der Waals surface area contributed by atoms with Crippen LogP contribution in [0.2, 0.25) is 0 Å². The predicted molar refractivity (Wildman–Crippen MR) is 138 cm³/mol. The van der Waals surface area contributed by atoms with Crippen LogP contribution in [-0.4, -0.2) is 88.5 Å². The molecule has 4 N–H and O–H groups in total. The monoisotopic (exact) mass is 521 g/mol. The number of guanidine groups is 1. The van der Waals surface area contributed by atoms with Crippen molar-refractivity contribution in [2.24, 2.45) is 15.7 Å². The highest BCUT2D eigenvalue weighted by molar-refractivity contribution is 5.86. The molecule has 3 heterocycles. The molecule has 1 aromatic carbocycles. The van der Waals surface area contributed by atoms with Crippen LogP contribution >= 0.6 is 0 Å². The third-order valence-corrected chi connectivity index (χ3v) is 6.43. The lowest BCUT2D eigenvalue weighted by molar-refractivity contribution is -0.0959. The number of benzene rings is 1. The van der Waals surface area contributed by atoms with Crippen LogP contribution in [0.25, 0.3) is 0 Å². The van der Waals surface area contributed by atoms with Crippen molar-refractivity contribution in [2.45, 2.75) is 25.6 Å². The second-order valence-electron chi connectivity index (χ2n) is 8.96. The highest BCUT2D eigenvalue weighted by Crippen LogP contribution is 2.35. The standard InChI is InChI=1S/C25H34F3N7O2/c1-17(35-11-14-37-21-6-4-3-5-20(21)35)15-19(32-24(29)34-9-12-36-13-10-34)18-16-31-22(7-8-30-2)33-23(18)25(26,27)28/h3-6,15,17,30H,7-14,16H2,1-2H3,(H2,29,32)(H,31,33)/b19-15-. The maximum absolute atomic E-state index is 14.3. The van der Waals surface area contributed by atoms with E-state index in [1.165, 1.54) is 0 Å². The zero-order valence-electron chi connectivity index (χ0n) is 21.1. The van der Waals surface area contributed by atoms with E-state index in [-0.39, 0.29) is 35.7 Å². The molecule has 9 nitrogen and oxygen atoms in total. The van der Waals surface area contributed by atoms with Crippen molar-refractivity contribution in [1.29, 1.82) is 0 Å². The fourth-order valence-corrected chi connectivity index (χ4v) is 4.47. The Bertz CT molecular complexity index is 1080. The highest BCUT2D eigenvalue weighted by Gasteiger charge is 2.40. The number of fused-ring (bicyclic) bond motifs is 1. The van der Waals surface area contributed by atoms with Crippen molar-refractivity contribution in [3.05, 3.63) is 47.3 Å². The maximum atomic E-state index is 14.3. The van der Waals surface area contributed by atoms with Crippen molar-refractivity contribution in [3.8, 4) is 5.75 Å². The van der Waals surface area contributed by atoms with Gasteiger partial charge < -0.3 is 35.6 Å². The van der Waals surface area contributed by atoms with Gasteiger partial charge in [-0.3, -0.25) is 4.99 Å². The van der Waals surface area contributed by atoms with Crippen molar-refractivity contribution in [2.75, 3.05) is 64.5 Å². The second kappa shape index (κ2) is 11.9. The number of alkyl halides is 3. The molecule has 0 saturated carbocycles. The smallest absolute Gasteiger partial charge is 0.431 e. The molecule has 202 valence electrons. The average molecular weight is 522 g/mol. The molecule has 0 spiro atoms. The number of aliphatic imine (C=N–C) groups is 2. The summed E-state index contributed by atoms with van der Waals surface area (Å²) in [4.78, 5) is 12.9. The summed E-state index contributed by atoms with van der Waals surface area (Å²) in [5, 5.41) is 5.46. The lowest BCUT2D eigenvalue weighted by Crippen LogP contribution is -2.45. The first-order valence-electron chi connectivity index (χ1n) is 12.4. The minimum atomic E-state index is -4.62. The average Bonchev–Trinajstić information content (AvgIpc) is 2.91. The Hall–Kier alpha value is -3.25. The Morgan fingerprint density at radius 1 is 1.24 bits per heavy atom. The van der Waals surface area contributed by atoms with E-state index < -0.39 is 11.9 Å². The number of para-hydroxylation sites is 2. The van der Waals surface area contributed by atoms with Gasteiger partial charge in [-0.15, -0.1) is 0 Å². The Morgan fingerprint density at radius 2 is 2.00 bits per heavy atom. The summed E-state index contributed by atoms with van der Waals surface area (Å²) in [6, 6.07) is 7.32. The molecule has 0 bridgehead atoms. The van der Waals surface area contributed by atoms with E-state index >= 15 is 0 Å². The van der Waals surface area contributed by atoms with Gasteiger partial charge in [-0.25, -0.2) is 4.99 Å². The van der Waals surface area contributed by atoms with Crippen molar-refractivity contribution in [3.63, 3.8) is 0 Å². The highest BCUT2D eigenvalue weighted by atomic mass is 19.4. The normalized spacial score (nSPS) is 20.2. The molecule has 0 aromatic heterocycles. The van der Waals surface area contributed by atoms with Gasteiger partial charge in [0, 0.05) is 37.7 Å². The van der Waals surface area contributed by atoms with Crippen LogP contribution in [0.5, 0.6) is 5.75 Å². The van der Waals surface area contributed by atoms with E-state index in [0.717, 1.165) is 11.4 Å². The number of nitrogens with two attached hydrogens (primary N) is 1. The summed E-state index contributed by atoms with van der Waals surface area (Å²) in [5.41, 5.74) is 6.45. The lowest BCUT2D eigenvalue weighted by atomic mass is 10.0. The first kappa shape index (κ1) is 26.8. The van der Waals surface area contributed by atoms with Crippen molar-refractivity contribution in [1.82, 2.24) is 15.5 Å². The summed E-state index contributed by atoms with van der Waals surface area (Å²) in [6.45, 7) is 5.33. The van der Waals surface area contributed by atoms with Gasteiger partial charge in [0.15, 0.2) is 5.96 Å². The number of hydrogen-bond acceptors (Lipinski definition) is 7. The van der Waals surface area contributed by atoms with E-state index in [2.05, 4.69) is 25.5 Å². The SMILES string of the molecule is CNCCC1=NCC(/C(=C/C(C)N2CCOc3ccccc32)N=C(N)N2CCOCC2)=C(C(F)(F)F)N1. The molecule has 0 aliphatic carbocycles. The number of rotatable bonds is 7. The summed E-state index contributed by atoms with van der Waals surface area (Å²) < 4.78 is 54.0. The van der Waals surface area contributed by atoms with Gasteiger partial charge >= 0.3 is 6.18 Å². The number of nitrogens with one attached hydrogen (secondary N) is 2. The second-order valence-corrected chi connectivity index (χ2v) is 8.96. The number of allylic oxidation sites excluding steroid dienone is 1. The van der Waals surface area contributed by atoms with E-state index in [0.29, 0.717) is 52.4 Å². The first-order chi connectivity index (χ1) is 17.8. The summed E-state index contributed by atoms with van der Waals surface area (Å²) >= 11 is 0. The molecule has 1 atom stereocenters. The van der Waals surface area contributed by atoms with E-state index in [9.17, 15) is 13.2 Å². The van der Waals surface area contributed by atoms with Crippen LogP contribution in [0.3, 0.4) is 0 Å². The minimum absolute atomic E-state index is 0.0367. The topological polar surface area (TPSA) is 99.7 Å². The van der Waals surface area contributed by atoms with Gasteiger partial charge in [0.05, 0.1) is 37.7 Å². The third kappa shape index (κ3) is 6.55. The number of amidine groups is 1. The molecular formula is C25H34F3N7O2. The third-order valence-electron chi connectivity index (χ3n) is 6.43. The maximum Gasteiger partial charge on any atom is 0.431 e. The molecular weight excluding hydrogens is 487 g/mol. The van der Waals surface area contributed by atoms with Crippen LogP contribution in [0.1, 0.15) is 13.3 Å². The van der Waals surface area contributed by atoms with Crippen molar-refractivity contribution < 1.29 is 22.6 Å². The zero-order chi connectivity index (χ0) is 26.4. The fourth-order valence-electron chi connectivity index (χ4n) is 4.47. The number of ether oxygens (including phenoxy) is 2. The summed E-state index contributed by atoms with van der Waals surface area (Å²) in [5.74, 6) is 1.17. The molecule has 3 aliphatic heterocycles. The van der Waals surface area contributed by atoms with Crippen LogP contribution in [0, 0.1) is 0 Å². The Morgan fingerprint density at radius 3 is 2.73 bits per heavy atom. The molecule has 0 radical (unpaired) electrons. The predicted octanol–water partition coefficient (Wildman–Crippen LogP) is 2.23. The van der Waals surface area contributed by atoms with Gasteiger partial charge in [0.2, 0.25) is 0 Å². The molecule has 1 saturated heterocycles. The van der Waals surface area contributed by atoms with Gasteiger partial charge in [-0.1, -0.05) is 12.1 Å². The van der Waals surface area contributed by atoms with Gasteiger partial charge in [-0.2, -0.15) is 13.2 Å². The number of anilines is 1. The van der Waals surface area contributed by atoms with E-state index in [1.807, 2.05) is 36.1 Å². The molecule has 4 rings (SSSR count). The minimum Gasteiger partial charge on any atom is -0.490 e. The van der Waals surface area contributed by atoms with Crippen LogP contribution in [-0.2, 0) is 4.74 Å². The molecule has 1 fully saturated rings. The van der Waals surface area contributed by atoms with E-state index in [1.54, 1.807) is 13.1 Å². The molecule has 0 amide bonds. The number of hydrogen-bond donors (Lipinski definition) is 3. The number of halogens is 3. The molecule has 37 heavy (non-hydrogen) atoms. The van der Waals surface area contributed by atoms with Gasteiger partial charge in [0.1, 0.15) is 23.9 Å². The van der Waals surface area contributed by atoms with Gasteiger partial charge in [-0.05, 0) is 32.2 Å². The summed E-state index contributed by atoms with van der Waals surface area (Å²) in [6.07, 6.45) is -2.54. The quantitative estimate of drug-likeness (QED) is 0.374. The van der Waals surface area contributed by atoms with E-state index in [4.69, 9.17) is 15.2 Å². The molecule has 1 aromatic rings. The Balaban J connectivity index is 1.74.